The third-order valence-electron chi connectivity index (χ3n) is 5.40. The summed E-state index contributed by atoms with van der Waals surface area (Å²) in [6.07, 6.45) is 1.81. The number of nitrogens with zero attached hydrogens (tertiary/aromatic N) is 1. The highest BCUT2D eigenvalue weighted by Gasteiger charge is 2.33. The van der Waals surface area contributed by atoms with Crippen molar-refractivity contribution in [3.63, 3.8) is 0 Å². The minimum Gasteiger partial charge on any atom is -0.490 e. The number of benzene rings is 3. The standard InChI is InChI=1S/C28H26ClNO3S2/c1-28(2,3)20-11-13-23(14-12-20)32-15-16-33-24-10-5-4-7-19(24)17-25-26(31)30(27(34)35-25)22-9-6-8-21(29)18-22/h4-14,17-18H,15-16H2,1-3H3/b25-17+. The topological polar surface area (TPSA) is 38.8 Å². The lowest BCUT2D eigenvalue weighted by atomic mass is 9.87. The van der Waals surface area contributed by atoms with E-state index in [0.717, 1.165) is 11.3 Å². The zero-order valence-corrected chi connectivity index (χ0v) is 22.2. The van der Waals surface area contributed by atoms with E-state index in [1.165, 1.54) is 22.2 Å². The molecule has 0 radical (unpaired) electrons. The lowest BCUT2D eigenvalue weighted by Gasteiger charge is -2.19. The minimum absolute atomic E-state index is 0.105. The molecule has 0 aromatic heterocycles. The Hall–Kier alpha value is -2.80. The second-order valence-corrected chi connectivity index (χ2v) is 11.1. The monoisotopic (exact) mass is 523 g/mol. The fourth-order valence-electron chi connectivity index (χ4n) is 3.54. The van der Waals surface area contributed by atoms with Gasteiger partial charge in [-0.1, -0.05) is 92.8 Å². The van der Waals surface area contributed by atoms with Crippen LogP contribution in [0.5, 0.6) is 11.5 Å². The molecule has 0 unspecified atom stereocenters. The van der Waals surface area contributed by atoms with Crippen LogP contribution in [0, 0.1) is 0 Å². The molecule has 1 heterocycles. The molecule has 0 spiro atoms. The number of thioether (sulfide) groups is 1. The quantitative estimate of drug-likeness (QED) is 0.182. The Morgan fingerprint density at radius 3 is 2.40 bits per heavy atom. The molecule has 1 aliphatic rings. The van der Waals surface area contributed by atoms with Crippen molar-refractivity contribution in [2.24, 2.45) is 0 Å². The van der Waals surface area contributed by atoms with Crippen molar-refractivity contribution in [2.45, 2.75) is 26.2 Å². The minimum atomic E-state index is -0.181. The van der Waals surface area contributed by atoms with E-state index in [0.29, 0.717) is 38.9 Å². The molecule has 1 aliphatic heterocycles. The van der Waals surface area contributed by atoms with Gasteiger partial charge < -0.3 is 9.47 Å². The average Bonchev–Trinajstić information content (AvgIpc) is 3.10. The summed E-state index contributed by atoms with van der Waals surface area (Å²) in [4.78, 5) is 15.1. The van der Waals surface area contributed by atoms with Gasteiger partial charge in [-0.05, 0) is 53.5 Å². The number of carbonyl (C=O) groups excluding carboxylic acids is 1. The van der Waals surface area contributed by atoms with Gasteiger partial charge in [-0.3, -0.25) is 9.69 Å². The molecular weight excluding hydrogens is 498 g/mol. The number of anilines is 1. The maximum atomic E-state index is 13.1. The fraction of sp³-hybridized carbons (Fsp3) is 0.214. The zero-order chi connectivity index (χ0) is 25.0. The molecule has 1 saturated heterocycles. The molecular formula is C28H26ClNO3S2. The highest BCUT2D eigenvalue weighted by molar-refractivity contribution is 8.27. The molecule has 3 aromatic rings. The van der Waals surface area contributed by atoms with Crippen molar-refractivity contribution in [3.05, 3.63) is 93.9 Å². The summed E-state index contributed by atoms with van der Waals surface area (Å²) in [7, 11) is 0. The Kier molecular flexibility index (Phi) is 7.85. The molecule has 0 aliphatic carbocycles. The molecule has 1 amide bonds. The van der Waals surface area contributed by atoms with Crippen molar-refractivity contribution < 1.29 is 14.3 Å². The lowest BCUT2D eigenvalue weighted by molar-refractivity contribution is -0.113. The molecule has 35 heavy (non-hydrogen) atoms. The first-order chi connectivity index (χ1) is 16.7. The van der Waals surface area contributed by atoms with Crippen LogP contribution in [-0.4, -0.2) is 23.4 Å². The van der Waals surface area contributed by atoms with Gasteiger partial charge in [0, 0.05) is 10.6 Å². The van der Waals surface area contributed by atoms with Gasteiger partial charge in [0.15, 0.2) is 4.32 Å². The Morgan fingerprint density at radius 1 is 0.971 bits per heavy atom. The van der Waals surface area contributed by atoms with Crippen LogP contribution < -0.4 is 14.4 Å². The smallest absolute Gasteiger partial charge is 0.270 e. The van der Waals surface area contributed by atoms with Gasteiger partial charge in [0.05, 0.1) is 10.6 Å². The van der Waals surface area contributed by atoms with E-state index in [9.17, 15) is 4.79 Å². The predicted molar refractivity (Wildman–Crippen MR) is 150 cm³/mol. The first kappa shape index (κ1) is 25.3. The molecule has 3 aromatic carbocycles. The molecule has 0 bridgehead atoms. The molecule has 4 nitrogen and oxygen atoms in total. The third-order valence-corrected chi connectivity index (χ3v) is 6.93. The van der Waals surface area contributed by atoms with Crippen molar-refractivity contribution in [1.82, 2.24) is 0 Å². The van der Waals surface area contributed by atoms with Crippen molar-refractivity contribution >= 4 is 57.6 Å². The van der Waals surface area contributed by atoms with E-state index >= 15 is 0 Å². The second kappa shape index (κ2) is 10.9. The number of para-hydroxylation sites is 1. The summed E-state index contributed by atoms with van der Waals surface area (Å²) in [5.74, 6) is 1.30. The summed E-state index contributed by atoms with van der Waals surface area (Å²) >= 11 is 12.8. The first-order valence-electron chi connectivity index (χ1n) is 11.2. The lowest BCUT2D eigenvalue weighted by Crippen LogP contribution is -2.27. The van der Waals surface area contributed by atoms with Crippen LogP contribution in [0.15, 0.2) is 77.7 Å². The molecule has 180 valence electrons. The Labute approximate surface area is 220 Å². The highest BCUT2D eigenvalue weighted by atomic mass is 35.5. The zero-order valence-electron chi connectivity index (χ0n) is 19.8. The number of rotatable bonds is 7. The number of hydrogen-bond acceptors (Lipinski definition) is 5. The molecule has 0 atom stereocenters. The van der Waals surface area contributed by atoms with E-state index in [-0.39, 0.29) is 11.3 Å². The number of carbonyl (C=O) groups is 1. The third kappa shape index (κ3) is 6.26. The predicted octanol–water partition coefficient (Wildman–Crippen LogP) is 7.50. The fourth-order valence-corrected chi connectivity index (χ4v) is 5.01. The largest absolute Gasteiger partial charge is 0.490 e. The van der Waals surface area contributed by atoms with Crippen molar-refractivity contribution in [3.8, 4) is 11.5 Å². The van der Waals surface area contributed by atoms with Gasteiger partial charge in [-0.2, -0.15) is 0 Å². The van der Waals surface area contributed by atoms with Crippen LogP contribution in [0.1, 0.15) is 31.9 Å². The number of thiocarbonyl (C=S) groups is 1. The highest BCUT2D eigenvalue weighted by Crippen LogP contribution is 2.37. The van der Waals surface area contributed by atoms with Crippen LogP contribution in [0.3, 0.4) is 0 Å². The molecule has 4 rings (SSSR count). The number of halogens is 1. The Balaban J connectivity index is 1.40. The van der Waals surface area contributed by atoms with Gasteiger partial charge in [0.1, 0.15) is 24.7 Å². The number of hydrogen-bond donors (Lipinski definition) is 0. The molecule has 0 saturated carbocycles. The Bertz CT molecular complexity index is 1270. The summed E-state index contributed by atoms with van der Waals surface area (Å²) in [6, 6.07) is 22.8. The molecule has 7 heteroatoms. The van der Waals surface area contributed by atoms with Crippen molar-refractivity contribution in [1.29, 1.82) is 0 Å². The maximum Gasteiger partial charge on any atom is 0.270 e. The van der Waals surface area contributed by atoms with E-state index in [4.69, 9.17) is 33.3 Å². The van der Waals surface area contributed by atoms with Gasteiger partial charge in [0.2, 0.25) is 0 Å². The van der Waals surface area contributed by atoms with Crippen LogP contribution in [0.4, 0.5) is 5.69 Å². The molecule has 0 N–H and O–H groups in total. The normalized spacial score (nSPS) is 15.1. The maximum absolute atomic E-state index is 13.1. The van der Waals surface area contributed by atoms with Gasteiger partial charge >= 0.3 is 0 Å². The van der Waals surface area contributed by atoms with E-state index in [1.807, 2.05) is 48.5 Å². The number of ether oxygens (including phenoxy) is 2. The van der Waals surface area contributed by atoms with E-state index in [2.05, 4.69) is 32.9 Å². The van der Waals surface area contributed by atoms with Crippen molar-refractivity contribution in [2.75, 3.05) is 18.1 Å². The summed E-state index contributed by atoms with van der Waals surface area (Å²) in [5.41, 5.74) is 2.82. The SMILES string of the molecule is CC(C)(C)c1ccc(OCCOc2ccccc2/C=C2/SC(=S)N(c3cccc(Cl)c3)C2=O)cc1. The summed E-state index contributed by atoms with van der Waals surface area (Å²) in [6.45, 7) is 7.33. The Morgan fingerprint density at radius 2 is 1.69 bits per heavy atom. The van der Waals surface area contributed by atoms with E-state index < -0.39 is 0 Å². The van der Waals surface area contributed by atoms with Crippen LogP contribution in [0.25, 0.3) is 6.08 Å². The van der Waals surface area contributed by atoms with Crippen LogP contribution in [-0.2, 0) is 10.2 Å². The first-order valence-corrected chi connectivity index (χ1v) is 12.8. The van der Waals surface area contributed by atoms with Gasteiger partial charge in [-0.25, -0.2) is 0 Å². The summed E-state index contributed by atoms with van der Waals surface area (Å²) in [5, 5.41) is 0.548. The number of amides is 1. The van der Waals surface area contributed by atoms with Crippen LogP contribution in [0.2, 0.25) is 5.02 Å². The summed E-state index contributed by atoms with van der Waals surface area (Å²) < 4.78 is 12.3. The van der Waals surface area contributed by atoms with Crippen LogP contribution >= 0.6 is 35.6 Å². The van der Waals surface area contributed by atoms with E-state index in [1.54, 1.807) is 18.2 Å². The van der Waals surface area contributed by atoms with Gasteiger partial charge in [0.25, 0.3) is 5.91 Å². The average molecular weight is 524 g/mol. The molecule has 1 fully saturated rings. The van der Waals surface area contributed by atoms with Gasteiger partial charge in [-0.15, -0.1) is 0 Å². The second-order valence-electron chi connectivity index (χ2n) is 9.01.